The molecule has 4 nitrogen and oxygen atoms in total. The van der Waals surface area contributed by atoms with Crippen LogP contribution >= 0.6 is 0 Å². The Kier molecular flexibility index (Phi) is 5.01. The van der Waals surface area contributed by atoms with Crippen LogP contribution in [0.5, 0.6) is 5.75 Å². The fourth-order valence-electron chi connectivity index (χ4n) is 3.06. The number of hydrogen-bond acceptors (Lipinski definition) is 3. The number of ether oxygens (including phenoxy) is 1. The third-order valence-corrected chi connectivity index (χ3v) is 4.20. The van der Waals surface area contributed by atoms with Crippen molar-refractivity contribution in [2.24, 2.45) is 5.92 Å². The molecule has 2 rings (SSSR count). The molecule has 1 saturated carbocycles. The van der Waals surface area contributed by atoms with E-state index in [-0.39, 0.29) is 12.0 Å². The van der Waals surface area contributed by atoms with Crippen LogP contribution in [0.25, 0.3) is 0 Å². The Morgan fingerprint density at radius 2 is 1.95 bits per heavy atom. The number of hydrogen-bond donors (Lipinski definition) is 1. The fraction of sp³-hybridized carbons (Fsp3) is 0.562. The molecule has 1 aromatic rings. The van der Waals surface area contributed by atoms with E-state index in [0.29, 0.717) is 0 Å². The molecule has 1 aliphatic carbocycles. The van der Waals surface area contributed by atoms with E-state index < -0.39 is 5.97 Å². The second-order valence-corrected chi connectivity index (χ2v) is 5.56. The summed E-state index contributed by atoms with van der Waals surface area (Å²) in [6, 6.07) is 8.10. The predicted molar refractivity (Wildman–Crippen MR) is 77.8 cm³/mol. The van der Waals surface area contributed by atoms with Gasteiger partial charge in [-0.2, -0.15) is 0 Å². The van der Waals surface area contributed by atoms with Gasteiger partial charge in [-0.3, -0.25) is 9.69 Å². The van der Waals surface area contributed by atoms with Gasteiger partial charge < -0.3 is 9.84 Å². The molecule has 20 heavy (non-hydrogen) atoms. The number of carbonyl (C=O) groups is 1. The lowest BCUT2D eigenvalue weighted by Crippen LogP contribution is -2.43. The summed E-state index contributed by atoms with van der Waals surface area (Å²) in [6.45, 7) is 0.776. The summed E-state index contributed by atoms with van der Waals surface area (Å²) >= 11 is 0. The van der Waals surface area contributed by atoms with Crippen molar-refractivity contribution in [1.29, 1.82) is 0 Å². The van der Waals surface area contributed by atoms with Crippen molar-refractivity contribution < 1.29 is 14.6 Å². The number of nitrogens with zero attached hydrogens (tertiary/aromatic N) is 1. The highest BCUT2D eigenvalue weighted by molar-refractivity contribution is 5.71. The van der Waals surface area contributed by atoms with E-state index in [2.05, 4.69) is 4.90 Å². The predicted octanol–water partition coefficient (Wildman–Crippen LogP) is 2.77. The lowest BCUT2D eigenvalue weighted by molar-refractivity contribution is -0.145. The van der Waals surface area contributed by atoms with Crippen LogP contribution in [0.3, 0.4) is 0 Å². The smallest absolute Gasteiger partial charge is 0.308 e. The van der Waals surface area contributed by atoms with Gasteiger partial charge in [-0.05, 0) is 37.6 Å². The zero-order valence-electron chi connectivity index (χ0n) is 12.2. The van der Waals surface area contributed by atoms with Crippen LogP contribution in [0.15, 0.2) is 24.3 Å². The highest BCUT2D eigenvalue weighted by Gasteiger charge is 2.33. The first-order valence-corrected chi connectivity index (χ1v) is 7.18. The van der Waals surface area contributed by atoms with Crippen molar-refractivity contribution in [3.8, 4) is 5.75 Å². The van der Waals surface area contributed by atoms with Gasteiger partial charge in [-0.15, -0.1) is 0 Å². The van der Waals surface area contributed by atoms with Crippen LogP contribution in [0.1, 0.15) is 31.2 Å². The molecule has 0 radical (unpaired) electrons. The summed E-state index contributed by atoms with van der Waals surface area (Å²) in [5, 5.41) is 9.35. The molecule has 0 bridgehead atoms. The SMILES string of the molecule is COc1ccc(CN(C)C2CCCCC2C(=O)O)cc1. The molecule has 0 spiro atoms. The summed E-state index contributed by atoms with van der Waals surface area (Å²) in [4.78, 5) is 13.5. The Balaban J connectivity index is 2.01. The summed E-state index contributed by atoms with van der Waals surface area (Å²) in [6.07, 6.45) is 3.93. The van der Waals surface area contributed by atoms with Crippen molar-refractivity contribution in [1.82, 2.24) is 4.90 Å². The van der Waals surface area contributed by atoms with Crippen LogP contribution in [-0.2, 0) is 11.3 Å². The Hall–Kier alpha value is -1.55. The zero-order chi connectivity index (χ0) is 14.5. The third-order valence-electron chi connectivity index (χ3n) is 4.20. The minimum absolute atomic E-state index is 0.142. The quantitative estimate of drug-likeness (QED) is 0.899. The van der Waals surface area contributed by atoms with Gasteiger partial charge in [0.05, 0.1) is 13.0 Å². The van der Waals surface area contributed by atoms with Gasteiger partial charge in [0.1, 0.15) is 5.75 Å². The molecule has 2 atom stereocenters. The van der Waals surface area contributed by atoms with Crippen LogP contribution in [0.4, 0.5) is 0 Å². The summed E-state index contributed by atoms with van der Waals surface area (Å²) in [5.74, 6) is -0.0410. The van der Waals surface area contributed by atoms with Crippen LogP contribution in [0.2, 0.25) is 0 Å². The molecular formula is C16H23NO3. The van der Waals surface area contributed by atoms with Gasteiger partial charge in [0.15, 0.2) is 0 Å². The Morgan fingerprint density at radius 1 is 1.30 bits per heavy atom. The van der Waals surface area contributed by atoms with Crippen molar-refractivity contribution in [2.75, 3.05) is 14.2 Å². The first-order chi connectivity index (χ1) is 9.61. The van der Waals surface area contributed by atoms with Crippen molar-refractivity contribution in [2.45, 2.75) is 38.3 Å². The summed E-state index contributed by atoms with van der Waals surface area (Å²) in [7, 11) is 3.68. The van der Waals surface area contributed by atoms with Crippen LogP contribution < -0.4 is 4.74 Å². The molecule has 2 unspecified atom stereocenters. The molecule has 110 valence electrons. The number of aliphatic carboxylic acids is 1. The van der Waals surface area contributed by atoms with E-state index in [9.17, 15) is 9.90 Å². The molecule has 1 aromatic carbocycles. The normalized spacial score (nSPS) is 22.8. The van der Waals surface area contributed by atoms with E-state index in [4.69, 9.17) is 4.74 Å². The molecular weight excluding hydrogens is 254 g/mol. The Morgan fingerprint density at radius 3 is 2.55 bits per heavy atom. The molecule has 0 aromatic heterocycles. The number of carboxylic acids is 1. The monoisotopic (exact) mass is 277 g/mol. The van der Waals surface area contributed by atoms with E-state index in [1.165, 1.54) is 5.56 Å². The highest BCUT2D eigenvalue weighted by Crippen LogP contribution is 2.29. The second kappa shape index (κ2) is 6.75. The van der Waals surface area contributed by atoms with Gasteiger partial charge in [0, 0.05) is 12.6 Å². The van der Waals surface area contributed by atoms with Crippen LogP contribution in [0, 0.1) is 5.92 Å². The molecule has 1 aliphatic rings. The molecule has 1 N–H and O–H groups in total. The Labute approximate surface area is 120 Å². The Bertz CT molecular complexity index is 444. The number of carboxylic acid groups (broad SMARTS) is 1. The fourth-order valence-corrected chi connectivity index (χ4v) is 3.06. The van der Waals surface area contributed by atoms with Crippen LogP contribution in [-0.4, -0.2) is 36.2 Å². The maximum Gasteiger partial charge on any atom is 0.308 e. The van der Waals surface area contributed by atoms with E-state index in [0.717, 1.165) is 38.0 Å². The number of rotatable bonds is 5. The van der Waals surface area contributed by atoms with Gasteiger partial charge in [-0.1, -0.05) is 25.0 Å². The van der Waals surface area contributed by atoms with E-state index in [1.807, 2.05) is 31.3 Å². The first kappa shape index (κ1) is 14.9. The van der Waals surface area contributed by atoms with Crippen molar-refractivity contribution >= 4 is 5.97 Å². The molecule has 4 heteroatoms. The lowest BCUT2D eigenvalue weighted by atomic mass is 9.83. The first-order valence-electron chi connectivity index (χ1n) is 7.18. The molecule has 0 saturated heterocycles. The van der Waals surface area contributed by atoms with Gasteiger partial charge in [0.25, 0.3) is 0 Å². The third kappa shape index (κ3) is 3.51. The second-order valence-electron chi connectivity index (χ2n) is 5.56. The van der Waals surface area contributed by atoms with Gasteiger partial charge in [0.2, 0.25) is 0 Å². The van der Waals surface area contributed by atoms with E-state index >= 15 is 0 Å². The average Bonchev–Trinajstić information content (AvgIpc) is 2.48. The maximum absolute atomic E-state index is 11.4. The van der Waals surface area contributed by atoms with Crippen molar-refractivity contribution in [3.63, 3.8) is 0 Å². The van der Waals surface area contributed by atoms with E-state index in [1.54, 1.807) is 7.11 Å². The average molecular weight is 277 g/mol. The molecule has 0 aliphatic heterocycles. The summed E-state index contributed by atoms with van der Waals surface area (Å²) in [5.41, 5.74) is 1.18. The zero-order valence-corrected chi connectivity index (χ0v) is 12.2. The lowest BCUT2D eigenvalue weighted by Gasteiger charge is -2.35. The van der Waals surface area contributed by atoms with Crippen molar-refractivity contribution in [3.05, 3.63) is 29.8 Å². The molecule has 0 heterocycles. The highest BCUT2D eigenvalue weighted by atomic mass is 16.5. The largest absolute Gasteiger partial charge is 0.497 e. The standard InChI is InChI=1S/C16H23NO3/c1-17(11-12-7-9-13(20-2)10-8-12)15-6-4-3-5-14(15)16(18)19/h7-10,14-15H,3-6,11H2,1-2H3,(H,18,19). The minimum Gasteiger partial charge on any atom is -0.497 e. The minimum atomic E-state index is -0.656. The topological polar surface area (TPSA) is 49.8 Å². The van der Waals surface area contributed by atoms with Gasteiger partial charge in [-0.25, -0.2) is 0 Å². The molecule has 0 amide bonds. The number of benzene rings is 1. The maximum atomic E-state index is 11.4. The molecule has 1 fully saturated rings. The van der Waals surface area contributed by atoms with Gasteiger partial charge >= 0.3 is 5.97 Å². The summed E-state index contributed by atoms with van der Waals surface area (Å²) < 4.78 is 5.15. The number of methoxy groups -OCH3 is 1.